The van der Waals surface area contributed by atoms with E-state index in [2.05, 4.69) is 21.5 Å². The molecule has 2 aromatic rings. The molecule has 0 amide bonds. The topological polar surface area (TPSA) is 68.0 Å². The Bertz CT molecular complexity index is 670. The number of carboxylic acid groups (broad SMARTS) is 1. The van der Waals surface area contributed by atoms with Gasteiger partial charge in [0, 0.05) is 24.6 Å². The first-order valence-electron chi connectivity index (χ1n) is 6.65. The van der Waals surface area contributed by atoms with Gasteiger partial charge in [0.2, 0.25) is 0 Å². The molecule has 7 heteroatoms. The molecule has 0 bridgehead atoms. The van der Waals surface area contributed by atoms with Gasteiger partial charge in [-0.05, 0) is 6.42 Å². The molecule has 1 N–H and O–H groups in total. The second-order valence-corrected chi connectivity index (χ2v) is 5.87. The molecule has 0 saturated heterocycles. The van der Waals surface area contributed by atoms with Gasteiger partial charge in [0.15, 0.2) is 0 Å². The maximum absolute atomic E-state index is 10.5. The Morgan fingerprint density at radius 3 is 3.05 bits per heavy atom. The lowest BCUT2D eigenvalue weighted by atomic mass is 10.3. The van der Waals surface area contributed by atoms with Crippen molar-refractivity contribution >= 4 is 40.4 Å². The molecular formula is C14H16ClN3O2S. The van der Waals surface area contributed by atoms with Crippen LogP contribution in [0.3, 0.4) is 0 Å². The molecule has 2 rings (SSSR count). The van der Waals surface area contributed by atoms with Crippen LogP contribution in [0.2, 0.25) is 5.02 Å². The number of nitrogens with zero attached hydrogens (tertiary/aromatic N) is 3. The molecule has 0 aliphatic heterocycles. The second kappa shape index (κ2) is 7.47. The number of carbonyl (C=O) groups is 1. The fourth-order valence-electron chi connectivity index (χ4n) is 1.90. The number of fused-ring (bicyclic) bond motifs is 1. The summed E-state index contributed by atoms with van der Waals surface area (Å²) in [4.78, 5) is 19.2. The van der Waals surface area contributed by atoms with Crippen LogP contribution in [0.1, 0.15) is 19.8 Å². The van der Waals surface area contributed by atoms with Crippen LogP contribution < -0.4 is 0 Å². The lowest BCUT2D eigenvalue weighted by Gasteiger charge is -2.07. The third-order valence-corrected chi connectivity index (χ3v) is 4.10. The van der Waals surface area contributed by atoms with Gasteiger partial charge in [-0.15, -0.1) is 11.8 Å². The summed E-state index contributed by atoms with van der Waals surface area (Å²) in [7, 11) is 0. The van der Waals surface area contributed by atoms with Gasteiger partial charge in [0.1, 0.15) is 16.1 Å². The van der Waals surface area contributed by atoms with Crippen LogP contribution in [0.25, 0.3) is 11.0 Å². The van der Waals surface area contributed by atoms with E-state index in [-0.39, 0.29) is 0 Å². The van der Waals surface area contributed by atoms with Crippen molar-refractivity contribution < 1.29 is 9.90 Å². The van der Waals surface area contributed by atoms with Crippen molar-refractivity contribution in [1.29, 1.82) is 0 Å². The third kappa shape index (κ3) is 3.98. The number of carboxylic acids is 1. The number of imidazole rings is 1. The van der Waals surface area contributed by atoms with Crippen LogP contribution in [-0.4, -0.2) is 31.4 Å². The summed E-state index contributed by atoms with van der Waals surface area (Å²) < 4.78 is 2.06. The van der Waals surface area contributed by atoms with Crippen LogP contribution in [0.4, 0.5) is 0 Å². The summed E-state index contributed by atoms with van der Waals surface area (Å²) in [6.45, 7) is 3.00. The number of aliphatic carboxylic acids is 1. The number of aromatic nitrogens is 3. The fraction of sp³-hybridized carbons (Fsp3) is 0.357. The molecule has 112 valence electrons. The van der Waals surface area contributed by atoms with E-state index in [1.807, 2.05) is 0 Å². The van der Waals surface area contributed by atoms with Crippen molar-refractivity contribution in [2.24, 2.45) is 0 Å². The van der Waals surface area contributed by atoms with E-state index in [0.29, 0.717) is 10.8 Å². The Morgan fingerprint density at radius 2 is 2.33 bits per heavy atom. The number of aryl methyl sites for hydroxylation is 1. The van der Waals surface area contributed by atoms with Gasteiger partial charge in [-0.1, -0.05) is 31.0 Å². The maximum atomic E-state index is 10.5. The van der Waals surface area contributed by atoms with E-state index in [0.717, 1.165) is 41.5 Å². The third-order valence-electron chi connectivity index (χ3n) is 2.89. The fourth-order valence-corrected chi connectivity index (χ4v) is 2.91. The Morgan fingerprint density at radius 1 is 1.52 bits per heavy atom. The van der Waals surface area contributed by atoms with Gasteiger partial charge >= 0.3 is 5.97 Å². The molecular weight excluding hydrogens is 310 g/mol. The molecule has 0 aliphatic carbocycles. The van der Waals surface area contributed by atoms with E-state index < -0.39 is 5.97 Å². The van der Waals surface area contributed by atoms with Crippen molar-refractivity contribution in [2.45, 2.75) is 31.3 Å². The van der Waals surface area contributed by atoms with Crippen molar-refractivity contribution in [2.75, 3.05) is 5.75 Å². The minimum absolute atomic E-state index is 0.533. The van der Waals surface area contributed by atoms with Crippen LogP contribution in [0, 0.1) is 0 Å². The van der Waals surface area contributed by atoms with Gasteiger partial charge in [0.05, 0.1) is 11.3 Å². The van der Waals surface area contributed by atoms with E-state index in [1.165, 1.54) is 11.8 Å². The van der Waals surface area contributed by atoms with E-state index in [9.17, 15) is 4.79 Å². The summed E-state index contributed by atoms with van der Waals surface area (Å²) in [5.74, 6) is -0.410. The molecule has 0 saturated carbocycles. The van der Waals surface area contributed by atoms with Crippen molar-refractivity contribution in [3.05, 3.63) is 29.7 Å². The highest BCUT2D eigenvalue weighted by atomic mass is 35.5. The molecule has 0 spiro atoms. The second-order valence-electron chi connectivity index (χ2n) is 4.45. The summed E-state index contributed by atoms with van der Waals surface area (Å²) >= 11 is 7.61. The zero-order chi connectivity index (χ0) is 15.2. The minimum Gasteiger partial charge on any atom is -0.478 e. The highest BCUT2D eigenvalue weighted by Gasteiger charge is 2.12. The first-order chi connectivity index (χ1) is 10.1. The molecule has 0 fully saturated rings. The summed E-state index contributed by atoms with van der Waals surface area (Å²) in [6.07, 6.45) is 8.25. The van der Waals surface area contributed by atoms with Crippen molar-refractivity contribution in [3.8, 4) is 0 Å². The average molecular weight is 326 g/mol. The molecule has 0 unspecified atom stereocenters. The lowest BCUT2D eigenvalue weighted by molar-refractivity contribution is -0.131. The molecule has 5 nitrogen and oxygen atoms in total. The monoisotopic (exact) mass is 325 g/mol. The van der Waals surface area contributed by atoms with Crippen molar-refractivity contribution in [3.63, 3.8) is 0 Å². The molecule has 0 aromatic carbocycles. The van der Waals surface area contributed by atoms with Crippen LogP contribution >= 0.6 is 23.4 Å². The quantitative estimate of drug-likeness (QED) is 0.622. The van der Waals surface area contributed by atoms with Crippen LogP contribution in [0.15, 0.2) is 29.7 Å². The number of hydrogen-bond acceptors (Lipinski definition) is 4. The first kappa shape index (κ1) is 15.9. The van der Waals surface area contributed by atoms with Crippen LogP contribution in [-0.2, 0) is 11.3 Å². The van der Waals surface area contributed by atoms with E-state index >= 15 is 0 Å². The zero-order valence-electron chi connectivity index (χ0n) is 11.6. The van der Waals surface area contributed by atoms with Gasteiger partial charge in [-0.2, -0.15) is 0 Å². The molecule has 0 radical (unpaired) electrons. The standard InChI is InChI=1S/C14H16ClN3O2S/c1-2-3-6-18-9-17-12-10(15)8-16-14(13(12)18)21-7-4-5-11(19)20/h4-5,8-9H,2-3,6-7H2,1H3,(H,19,20)/b5-4+. The number of unbranched alkanes of at least 4 members (excludes halogenated alkanes) is 1. The lowest BCUT2D eigenvalue weighted by Crippen LogP contribution is -1.98. The molecule has 2 aromatic heterocycles. The van der Waals surface area contributed by atoms with Crippen LogP contribution in [0.5, 0.6) is 0 Å². The van der Waals surface area contributed by atoms with Gasteiger partial charge in [-0.25, -0.2) is 14.8 Å². The normalized spacial score (nSPS) is 11.5. The smallest absolute Gasteiger partial charge is 0.328 e. The molecule has 21 heavy (non-hydrogen) atoms. The molecule has 2 heterocycles. The van der Waals surface area contributed by atoms with Gasteiger partial charge in [-0.3, -0.25) is 0 Å². The van der Waals surface area contributed by atoms with E-state index in [1.54, 1.807) is 18.6 Å². The Balaban J connectivity index is 2.27. The Hall–Kier alpha value is -1.53. The van der Waals surface area contributed by atoms with Crippen molar-refractivity contribution in [1.82, 2.24) is 14.5 Å². The number of thioether (sulfide) groups is 1. The molecule has 0 atom stereocenters. The number of hydrogen-bond donors (Lipinski definition) is 1. The minimum atomic E-state index is -0.946. The highest BCUT2D eigenvalue weighted by molar-refractivity contribution is 7.99. The first-order valence-corrected chi connectivity index (χ1v) is 8.01. The van der Waals surface area contributed by atoms with E-state index in [4.69, 9.17) is 16.7 Å². The average Bonchev–Trinajstić information content (AvgIpc) is 2.88. The summed E-state index contributed by atoms with van der Waals surface area (Å²) in [5.41, 5.74) is 1.66. The number of rotatable bonds is 7. The molecule has 0 aliphatic rings. The number of pyridine rings is 1. The predicted octanol–water partition coefficient (Wildman–Crippen LogP) is 3.62. The largest absolute Gasteiger partial charge is 0.478 e. The van der Waals surface area contributed by atoms with Gasteiger partial charge < -0.3 is 9.67 Å². The SMILES string of the molecule is CCCCn1cnc2c(Cl)cnc(SC/C=C/C(=O)O)c21. The predicted molar refractivity (Wildman–Crippen MR) is 84.9 cm³/mol. The maximum Gasteiger partial charge on any atom is 0.328 e. The summed E-state index contributed by atoms with van der Waals surface area (Å²) in [6, 6.07) is 0. The Kier molecular flexibility index (Phi) is 5.64. The van der Waals surface area contributed by atoms with Gasteiger partial charge in [0.25, 0.3) is 0 Å². The summed E-state index contributed by atoms with van der Waals surface area (Å²) in [5, 5.41) is 9.93. The number of halogens is 1. The Labute approximate surface area is 132 Å². The highest BCUT2D eigenvalue weighted by Crippen LogP contribution is 2.30. The zero-order valence-corrected chi connectivity index (χ0v) is 13.2.